The second-order valence-electron chi connectivity index (χ2n) is 10.1. The molecule has 1 aromatic heterocycles. The third-order valence-electron chi connectivity index (χ3n) is 7.51. The van der Waals surface area contributed by atoms with Gasteiger partial charge < -0.3 is 9.80 Å². The Labute approximate surface area is 202 Å². The van der Waals surface area contributed by atoms with E-state index in [2.05, 4.69) is 10.2 Å². The number of rotatable bonds is 5. The van der Waals surface area contributed by atoms with Crippen molar-refractivity contribution >= 4 is 17.6 Å². The van der Waals surface area contributed by atoms with Gasteiger partial charge in [-0.15, -0.1) is 0 Å². The lowest BCUT2D eigenvalue weighted by Crippen LogP contribution is -2.52. The number of amides is 2. The molecule has 5 rings (SSSR count). The summed E-state index contributed by atoms with van der Waals surface area (Å²) in [4.78, 5) is 53.3. The second kappa shape index (κ2) is 9.02. The predicted octanol–water partition coefficient (Wildman–Crippen LogP) is 2.03. The molecule has 1 aromatic carbocycles. The van der Waals surface area contributed by atoms with Gasteiger partial charge in [0.1, 0.15) is 5.82 Å². The van der Waals surface area contributed by atoms with E-state index in [-0.39, 0.29) is 29.1 Å². The minimum absolute atomic E-state index is 0.00974. The van der Waals surface area contributed by atoms with E-state index in [1.54, 1.807) is 35.8 Å². The highest BCUT2D eigenvalue weighted by Gasteiger charge is 2.48. The van der Waals surface area contributed by atoms with Crippen LogP contribution in [0, 0.1) is 11.7 Å². The SMILES string of the molecule is CC(C)C(=O)C(=O)N1C[C@@H]2C[C@@H]1CN2C(=O)c1cc(Cc2n[nH]c(=O)c3c2CCCC3)ccc1F. The van der Waals surface area contributed by atoms with Crippen LogP contribution < -0.4 is 5.56 Å². The molecule has 2 aromatic rings. The molecule has 3 aliphatic rings. The summed E-state index contributed by atoms with van der Waals surface area (Å²) in [7, 11) is 0. The van der Waals surface area contributed by atoms with Crippen LogP contribution in [0.5, 0.6) is 0 Å². The van der Waals surface area contributed by atoms with Gasteiger partial charge in [-0.1, -0.05) is 19.9 Å². The fraction of sp³-hybridized carbons (Fsp3) is 0.500. The van der Waals surface area contributed by atoms with E-state index in [9.17, 15) is 23.6 Å². The van der Waals surface area contributed by atoms with E-state index < -0.39 is 23.4 Å². The van der Waals surface area contributed by atoms with Crippen LogP contribution in [0.15, 0.2) is 23.0 Å². The number of aromatic amines is 1. The van der Waals surface area contributed by atoms with Gasteiger partial charge >= 0.3 is 0 Å². The van der Waals surface area contributed by atoms with Crippen LogP contribution in [-0.2, 0) is 28.9 Å². The van der Waals surface area contributed by atoms with Crippen molar-refractivity contribution in [2.75, 3.05) is 13.1 Å². The van der Waals surface area contributed by atoms with Crippen LogP contribution in [0.25, 0.3) is 0 Å². The largest absolute Gasteiger partial charge is 0.332 e. The van der Waals surface area contributed by atoms with Crippen molar-refractivity contribution in [3.63, 3.8) is 0 Å². The van der Waals surface area contributed by atoms with Crippen LogP contribution in [0.2, 0.25) is 0 Å². The number of hydrogen-bond donors (Lipinski definition) is 1. The van der Waals surface area contributed by atoms with Crippen LogP contribution in [0.4, 0.5) is 4.39 Å². The molecule has 2 amide bonds. The summed E-state index contributed by atoms with van der Waals surface area (Å²) in [6, 6.07) is 4.06. The monoisotopic (exact) mass is 480 g/mol. The third-order valence-corrected chi connectivity index (χ3v) is 7.51. The first-order chi connectivity index (χ1) is 16.7. The average molecular weight is 481 g/mol. The van der Waals surface area contributed by atoms with Gasteiger partial charge in [0.25, 0.3) is 17.4 Å². The number of carbonyl (C=O) groups is 3. The lowest BCUT2D eigenvalue weighted by Gasteiger charge is -2.34. The fourth-order valence-corrected chi connectivity index (χ4v) is 5.62. The van der Waals surface area contributed by atoms with Gasteiger partial charge in [-0.3, -0.25) is 19.2 Å². The summed E-state index contributed by atoms with van der Waals surface area (Å²) >= 11 is 0. The van der Waals surface area contributed by atoms with E-state index in [1.165, 1.54) is 6.07 Å². The van der Waals surface area contributed by atoms with Crippen molar-refractivity contribution < 1.29 is 18.8 Å². The van der Waals surface area contributed by atoms with Gasteiger partial charge in [0, 0.05) is 31.0 Å². The van der Waals surface area contributed by atoms with Gasteiger partial charge in [-0.25, -0.2) is 9.49 Å². The fourth-order valence-electron chi connectivity index (χ4n) is 5.62. The van der Waals surface area contributed by atoms with Crippen LogP contribution >= 0.6 is 0 Å². The summed E-state index contributed by atoms with van der Waals surface area (Å²) in [5.41, 5.74) is 3.09. The van der Waals surface area contributed by atoms with Gasteiger partial charge in [0.05, 0.1) is 23.3 Å². The number of Topliss-reactive ketones (excluding diaryl/α,β-unsaturated/α-hetero) is 1. The minimum Gasteiger partial charge on any atom is -0.332 e. The number of halogens is 1. The molecule has 2 fully saturated rings. The number of ketones is 1. The second-order valence-corrected chi connectivity index (χ2v) is 10.1. The molecular formula is C26H29FN4O4. The number of piperazine rings is 1. The maximum atomic E-state index is 14.8. The molecule has 8 nitrogen and oxygen atoms in total. The van der Waals surface area contributed by atoms with Crippen LogP contribution in [-0.4, -0.2) is 62.8 Å². The Morgan fingerprint density at radius 3 is 2.46 bits per heavy atom. The molecule has 3 heterocycles. The number of hydrogen-bond acceptors (Lipinski definition) is 5. The zero-order chi connectivity index (χ0) is 24.9. The van der Waals surface area contributed by atoms with Crippen molar-refractivity contribution in [3.8, 4) is 0 Å². The van der Waals surface area contributed by atoms with E-state index in [4.69, 9.17) is 0 Å². The quantitative estimate of drug-likeness (QED) is 0.660. The maximum absolute atomic E-state index is 14.8. The highest BCUT2D eigenvalue weighted by atomic mass is 19.1. The van der Waals surface area contributed by atoms with Gasteiger partial charge in [-0.2, -0.15) is 5.10 Å². The van der Waals surface area contributed by atoms with Crippen molar-refractivity contribution in [1.29, 1.82) is 0 Å². The molecule has 2 bridgehead atoms. The number of benzene rings is 1. The lowest BCUT2D eigenvalue weighted by atomic mass is 9.90. The van der Waals surface area contributed by atoms with E-state index in [0.29, 0.717) is 25.9 Å². The zero-order valence-corrected chi connectivity index (χ0v) is 20.0. The molecule has 2 saturated heterocycles. The molecule has 35 heavy (non-hydrogen) atoms. The van der Waals surface area contributed by atoms with E-state index >= 15 is 0 Å². The molecule has 0 saturated carbocycles. The highest BCUT2D eigenvalue weighted by molar-refractivity contribution is 6.36. The smallest absolute Gasteiger partial charge is 0.290 e. The first kappa shape index (κ1) is 23.4. The minimum atomic E-state index is -0.596. The van der Waals surface area contributed by atoms with Crippen molar-refractivity contribution in [3.05, 3.63) is 62.3 Å². The highest BCUT2D eigenvalue weighted by Crippen LogP contribution is 2.33. The first-order valence-electron chi connectivity index (χ1n) is 12.3. The Kier molecular flexibility index (Phi) is 6.02. The molecule has 2 atom stereocenters. The number of H-pyrrole nitrogens is 1. The summed E-state index contributed by atoms with van der Waals surface area (Å²) in [5, 5.41) is 6.83. The summed E-state index contributed by atoms with van der Waals surface area (Å²) < 4.78 is 14.8. The normalized spacial score (nSPS) is 20.9. The number of fused-ring (bicyclic) bond motifs is 3. The number of nitrogens with zero attached hydrogens (tertiary/aromatic N) is 3. The average Bonchev–Trinajstić information content (AvgIpc) is 3.47. The summed E-state index contributed by atoms with van der Waals surface area (Å²) in [5.74, 6) is -2.30. The molecule has 9 heteroatoms. The molecule has 0 spiro atoms. The Morgan fingerprint density at radius 1 is 1.09 bits per heavy atom. The number of nitrogens with one attached hydrogen (secondary N) is 1. The number of aromatic nitrogens is 2. The molecule has 184 valence electrons. The first-order valence-corrected chi connectivity index (χ1v) is 12.3. The maximum Gasteiger partial charge on any atom is 0.290 e. The van der Waals surface area contributed by atoms with Crippen molar-refractivity contribution in [2.45, 2.75) is 64.5 Å². The Bertz CT molecular complexity index is 1270. The molecule has 1 aliphatic carbocycles. The molecule has 0 radical (unpaired) electrons. The van der Waals surface area contributed by atoms with E-state index in [1.807, 2.05) is 0 Å². The number of likely N-dealkylation sites (tertiary alicyclic amines) is 2. The standard InChI is InChI=1S/C26H29FN4O4/c1-14(2)23(32)26(35)31-13-16-11-17(31)12-30(16)25(34)20-9-15(7-8-21(20)27)10-22-18-5-3-4-6-19(18)24(33)29-28-22/h7-9,14,16-17H,3-6,10-13H2,1-2H3,(H,29,33)/t16-,17+/m0/s1. The van der Waals surface area contributed by atoms with Gasteiger partial charge in [-0.05, 0) is 55.4 Å². The molecule has 1 N–H and O–H groups in total. The van der Waals surface area contributed by atoms with Crippen molar-refractivity contribution in [2.24, 2.45) is 5.92 Å². The third kappa shape index (κ3) is 4.17. The van der Waals surface area contributed by atoms with Crippen LogP contribution in [0.3, 0.4) is 0 Å². The Hall–Kier alpha value is -3.36. The summed E-state index contributed by atoms with van der Waals surface area (Å²) in [6.07, 6.45) is 4.48. The van der Waals surface area contributed by atoms with Gasteiger partial charge in [0.2, 0.25) is 5.78 Å². The Morgan fingerprint density at radius 2 is 1.77 bits per heavy atom. The zero-order valence-electron chi connectivity index (χ0n) is 20.0. The summed E-state index contributed by atoms with van der Waals surface area (Å²) in [6.45, 7) is 3.97. The number of carbonyl (C=O) groups excluding carboxylic acids is 3. The molecular weight excluding hydrogens is 451 g/mol. The Balaban J connectivity index is 1.34. The van der Waals surface area contributed by atoms with Gasteiger partial charge in [0.15, 0.2) is 0 Å². The molecule has 0 unspecified atom stereocenters. The van der Waals surface area contributed by atoms with Crippen LogP contribution in [0.1, 0.15) is 65.9 Å². The van der Waals surface area contributed by atoms with Crippen molar-refractivity contribution in [1.82, 2.24) is 20.0 Å². The molecule has 2 aliphatic heterocycles. The topological polar surface area (TPSA) is 103 Å². The predicted molar refractivity (Wildman–Crippen MR) is 125 cm³/mol. The van der Waals surface area contributed by atoms with E-state index in [0.717, 1.165) is 48.1 Å². The lowest BCUT2D eigenvalue weighted by molar-refractivity contribution is -0.147.